The van der Waals surface area contributed by atoms with Crippen molar-refractivity contribution in [1.82, 2.24) is 0 Å². The highest BCUT2D eigenvalue weighted by atomic mass is 35.5. The molecule has 0 fully saturated rings. The Kier molecular flexibility index (Phi) is 5.19. The van der Waals surface area contributed by atoms with Crippen LogP contribution in [-0.4, -0.2) is 33.2 Å². The normalized spacial score (nSPS) is 16.5. The Bertz CT molecular complexity index is 942. The lowest BCUT2D eigenvalue weighted by atomic mass is 10.1. The summed E-state index contributed by atoms with van der Waals surface area (Å²) in [6, 6.07) is 12.1. The van der Waals surface area contributed by atoms with Crippen LogP contribution in [0.15, 0.2) is 42.5 Å². The summed E-state index contributed by atoms with van der Waals surface area (Å²) in [7, 11) is -3.70. The number of sulfonamides is 1. The van der Waals surface area contributed by atoms with Crippen LogP contribution in [-0.2, 0) is 21.2 Å². The molecule has 3 rings (SSSR count). The first kappa shape index (κ1) is 19.0. The van der Waals surface area contributed by atoms with Crippen LogP contribution in [0.4, 0.5) is 11.4 Å². The third-order valence-corrected chi connectivity index (χ3v) is 5.87. The molecule has 26 heavy (non-hydrogen) atoms. The number of benzene rings is 2. The van der Waals surface area contributed by atoms with Crippen molar-refractivity contribution in [2.45, 2.75) is 19.4 Å². The number of anilines is 2. The maximum absolute atomic E-state index is 13.0. The van der Waals surface area contributed by atoms with E-state index in [2.05, 4.69) is 0 Å². The van der Waals surface area contributed by atoms with E-state index in [0.29, 0.717) is 10.0 Å². The van der Waals surface area contributed by atoms with Crippen molar-refractivity contribution >= 4 is 50.5 Å². The van der Waals surface area contributed by atoms with Gasteiger partial charge >= 0.3 is 0 Å². The van der Waals surface area contributed by atoms with E-state index in [4.69, 9.17) is 23.2 Å². The molecule has 0 N–H and O–H groups in total. The van der Waals surface area contributed by atoms with Crippen LogP contribution in [0.2, 0.25) is 10.0 Å². The van der Waals surface area contributed by atoms with Crippen molar-refractivity contribution in [1.29, 1.82) is 0 Å². The number of rotatable bonds is 4. The average Bonchev–Trinajstić information content (AvgIpc) is 2.86. The molecule has 0 unspecified atom stereocenters. The fourth-order valence-corrected chi connectivity index (χ4v) is 4.58. The molecule has 0 radical (unpaired) electrons. The van der Waals surface area contributed by atoms with E-state index >= 15 is 0 Å². The van der Waals surface area contributed by atoms with Crippen molar-refractivity contribution < 1.29 is 13.2 Å². The number of carbonyl (C=O) groups excluding carboxylic acids is 1. The van der Waals surface area contributed by atoms with Crippen molar-refractivity contribution in [2.75, 3.05) is 22.0 Å². The number of para-hydroxylation sites is 1. The Morgan fingerprint density at radius 2 is 1.81 bits per heavy atom. The van der Waals surface area contributed by atoms with E-state index in [1.807, 2.05) is 31.2 Å². The molecule has 0 aliphatic carbocycles. The van der Waals surface area contributed by atoms with Crippen molar-refractivity contribution in [3.8, 4) is 0 Å². The van der Waals surface area contributed by atoms with Gasteiger partial charge in [0.05, 0.1) is 11.9 Å². The Labute approximate surface area is 163 Å². The molecule has 0 saturated carbocycles. The fourth-order valence-electron chi connectivity index (χ4n) is 3.23. The van der Waals surface area contributed by atoms with Gasteiger partial charge in [-0.25, -0.2) is 8.42 Å². The molecule has 1 aliphatic heterocycles. The maximum Gasteiger partial charge on any atom is 0.248 e. The molecule has 1 amide bonds. The third-order valence-electron chi connectivity index (χ3n) is 4.29. The minimum atomic E-state index is -3.70. The first-order valence-electron chi connectivity index (χ1n) is 8.00. The molecule has 1 heterocycles. The molecule has 1 aliphatic rings. The highest BCUT2D eigenvalue weighted by Crippen LogP contribution is 2.33. The van der Waals surface area contributed by atoms with Crippen molar-refractivity contribution in [2.24, 2.45) is 0 Å². The van der Waals surface area contributed by atoms with Gasteiger partial charge in [0.15, 0.2) is 0 Å². The first-order chi connectivity index (χ1) is 12.2. The van der Waals surface area contributed by atoms with Crippen LogP contribution in [0, 0.1) is 0 Å². The molecule has 2 aromatic rings. The monoisotopic (exact) mass is 412 g/mol. The SMILES string of the molecule is C[C@@H]1Cc2ccccc2N1C(=O)CN(c1cc(Cl)cc(Cl)c1)S(C)(=O)=O. The van der Waals surface area contributed by atoms with Gasteiger partial charge in [-0.1, -0.05) is 41.4 Å². The number of nitrogens with zero attached hydrogens (tertiary/aromatic N) is 2. The van der Waals surface area contributed by atoms with E-state index in [-0.39, 0.29) is 24.2 Å². The van der Waals surface area contributed by atoms with E-state index < -0.39 is 10.0 Å². The van der Waals surface area contributed by atoms with Gasteiger partial charge in [-0.2, -0.15) is 0 Å². The number of hydrogen-bond donors (Lipinski definition) is 0. The first-order valence-corrected chi connectivity index (χ1v) is 10.6. The van der Waals surface area contributed by atoms with Crippen LogP contribution in [0.1, 0.15) is 12.5 Å². The van der Waals surface area contributed by atoms with Gasteiger partial charge < -0.3 is 4.90 Å². The van der Waals surface area contributed by atoms with Gasteiger partial charge in [-0.3, -0.25) is 9.10 Å². The quantitative estimate of drug-likeness (QED) is 0.768. The van der Waals surface area contributed by atoms with Gasteiger partial charge in [0.2, 0.25) is 15.9 Å². The van der Waals surface area contributed by atoms with Gasteiger partial charge in [-0.15, -0.1) is 0 Å². The van der Waals surface area contributed by atoms with Crippen LogP contribution in [0.5, 0.6) is 0 Å². The molecule has 0 saturated heterocycles. The highest BCUT2D eigenvalue weighted by Gasteiger charge is 2.33. The maximum atomic E-state index is 13.0. The van der Waals surface area contributed by atoms with Gasteiger partial charge in [0, 0.05) is 21.8 Å². The Morgan fingerprint density at radius 1 is 1.19 bits per heavy atom. The highest BCUT2D eigenvalue weighted by molar-refractivity contribution is 7.92. The Hall–Kier alpha value is -1.76. The lowest BCUT2D eigenvalue weighted by Gasteiger charge is -2.28. The predicted molar refractivity (Wildman–Crippen MR) is 106 cm³/mol. The van der Waals surface area contributed by atoms with Gasteiger partial charge in [0.25, 0.3) is 0 Å². The van der Waals surface area contributed by atoms with Crippen LogP contribution in [0.3, 0.4) is 0 Å². The molecule has 0 bridgehead atoms. The second-order valence-electron chi connectivity index (χ2n) is 6.34. The summed E-state index contributed by atoms with van der Waals surface area (Å²) in [5.74, 6) is -0.302. The number of amides is 1. The summed E-state index contributed by atoms with van der Waals surface area (Å²) in [5, 5.41) is 0.599. The number of fused-ring (bicyclic) bond motifs is 1. The largest absolute Gasteiger partial charge is 0.307 e. The van der Waals surface area contributed by atoms with Gasteiger partial charge in [0.1, 0.15) is 6.54 Å². The van der Waals surface area contributed by atoms with Crippen LogP contribution >= 0.6 is 23.2 Å². The molecule has 5 nitrogen and oxygen atoms in total. The number of carbonyl (C=O) groups is 1. The molecule has 8 heteroatoms. The summed E-state index contributed by atoms with van der Waals surface area (Å²) in [5.41, 5.74) is 2.16. The minimum Gasteiger partial charge on any atom is -0.307 e. The molecular formula is C18H18Cl2N2O3S. The zero-order valence-corrected chi connectivity index (χ0v) is 16.6. The van der Waals surface area contributed by atoms with Crippen molar-refractivity contribution in [3.05, 3.63) is 58.1 Å². The molecular weight excluding hydrogens is 395 g/mol. The average molecular weight is 413 g/mol. The topological polar surface area (TPSA) is 57.7 Å². The van der Waals surface area contributed by atoms with E-state index in [1.165, 1.54) is 18.2 Å². The van der Waals surface area contributed by atoms with Crippen LogP contribution < -0.4 is 9.21 Å². The summed E-state index contributed by atoms with van der Waals surface area (Å²) in [4.78, 5) is 14.6. The van der Waals surface area contributed by atoms with E-state index in [9.17, 15) is 13.2 Å². The Balaban J connectivity index is 1.94. The smallest absolute Gasteiger partial charge is 0.248 e. The molecule has 138 valence electrons. The van der Waals surface area contributed by atoms with Crippen molar-refractivity contribution in [3.63, 3.8) is 0 Å². The zero-order valence-electron chi connectivity index (χ0n) is 14.3. The molecule has 2 aromatic carbocycles. The zero-order chi connectivity index (χ0) is 19.1. The third kappa shape index (κ3) is 3.82. The lowest BCUT2D eigenvalue weighted by molar-refractivity contribution is -0.117. The summed E-state index contributed by atoms with van der Waals surface area (Å²) in [6.07, 6.45) is 1.79. The summed E-state index contributed by atoms with van der Waals surface area (Å²) < 4.78 is 25.6. The number of halogens is 2. The second kappa shape index (κ2) is 7.10. The second-order valence-corrected chi connectivity index (χ2v) is 9.12. The van der Waals surface area contributed by atoms with Gasteiger partial charge in [-0.05, 0) is 43.2 Å². The van der Waals surface area contributed by atoms with Crippen LogP contribution in [0.25, 0.3) is 0 Å². The molecule has 1 atom stereocenters. The summed E-state index contributed by atoms with van der Waals surface area (Å²) in [6.45, 7) is 1.62. The lowest BCUT2D eigenvalue weighted by Crippen LogP contribution is -2.45. The number of hydrogen-bond acceptors (Lipinski definition) is 3. The minimum absolute atomic E-state index is 0.0377. The fraction of sp³-hybridized carbons (Fsp3) is 0.278. The molecule has 0 aromatic heterocycles. The summed E-state index contributed by atoms with van der Waals surface area (Å²) >= 11 is 12.0. The van der Waals surface area contributed by atoms with E-state index in [0.717, 1.165) is 28.2 Å². The standard InChI is InChI=1S/C18H18Cl2N2O3S/c1-12-7-13-5-3-4-6-17(13)22(12)18(23)11-21(26(2,24)25)16-9-14(19)8-15(20)10-16/h3-6,8-10,12H,7,11H2,1-2H3/t12-/m1/s1. The van der Waals surface area contributed by atoms with E-state index in [1.54, 1.807) is 4.90 Å². The Morgan fingerprint density at radius 3 is 2.42 bits per heavy atom. The molecule has 0 spiro atoms. The predicted octanol–water partition coefficient (Wildman–Crippen LogP) is 3.74.